The number of para-hydroxylation sites is 1. The molecule has 58 heavy (non-hydrogen) atoms. The number of nitrogens with one attached hydrogen (secondary N) is 1. The van der Waals surface area contributed by atoms with E-state index in [4.69, 9.17) is 14.2 Å². The van der Waals surface area contributed by atoms with Gasteiger partial charge in [0.05, 0.1) is 18.8 Å². The van der Waals surface area contributed by atoms with E-state index in [0.29, 0.717) is 35.3 Å². The molecule has 2 aromatic rings. The molecular weight excluding hydrogens is 729 g/mol. The van der Waals surface area contributed by atoms with Gasteiger partial charge < -0.3 is 14.2 Å². The van der Waals surface area contributed by atoms with Gasteiger partial charge in [0.15, 0.2) is 6.29 Å². The first kappa shape index (κ1) is 40.1. The number of nitrogens with zero attached hydrogens (tertiary/aromatic N) is 3. The van der Waals surface area contributed by atoms with Crippen molar-refractivity contribution in [1.82, 2.24) is 19.2 Å². The summed E-state index contributed by atoms with van der Waals surface area (Å²) in [4.78, 5) is 40.8. The Kier molecular flexibility index (Phi) is 9.93. The van der Waals surface area contributed by atoms with Gasteiger partial charge in [-0.1, -0.05) is 71.0 Å². The largest absolute Gasteiger partial charge is 0.446 e. The lowest BCUT2D eigenvalue weighted by Gasteiger charge is -2.73. The number of aromatic nitrogens is 3. The number of rotatable bonds is 7. The van der Waals surface area contributed by atoms with Crippen molar-refractivity contribution >= 4 is 6.09 Å². The molecule has 12 atom stereocenters. The second kappa shape index (κ2) is 14.4. The van der Waals surface area contributed by atoms with Crippen molar-refractivity contribution in [3.63, 3.8) is 0 Å². The van der Waals surface area contributed by atoms with Crippen LogP contribution in [0.3, 0.4) is 0 Å². The lowest BCUT2D eigenvalue weighted by Crippen LogP contribution is -2.67. The predicted octanol–water partition coefficient (Wildman–Crippen LogP) is 9.16. The van der Waals surface area contributed by atoms with Crippen LogP contribution in [0.1, 0.15) is 131 Å². The van der Waals surface area contributed by atoms with E-state index < -0.39 is 23.6 Å². The molecule has 6 fully saturated rings. The van der Waals surface area contributed by atoms with E-state index in [1.165, 1.54) is 66.3 Å². The molecule has 10 heteroatoms. The number of amides is 1. The van der Waals surface area contributed by atoms with Crippen molar-refractivity contribution in [2.75, 3.05) is 13.2 Å². The van der Waals surface area contributed by atoms with E-state index in [2.05, 4.69) is 53.4 Å². The molecule has 316 valence electrons. The van der Waals surface area contributed by atoms with Crippen molar-refractivity contribution in [3.05, 3.63) is 75.6 Å². The molecule has 5 aliphatic carbocycles. The smallest absolute Gasteiger partial charge is 0.409 e. The van der Waals surface area contributed by atoms with Crippen LogP contribution in [0.2, 0.25) is 0 Å². The number of carbonyl (C=O) groups excluding carboxylic acids is 1. The van der Waals surface area contributed by atoms with Gasteiger partial charge in [-0.15, -0.1) is 0 Å². The number of benzene rings is 1. The Bertz CT molecular complexity index is 2060. The Morgan fingerprint density at radius 1 is 0.879 bits per heavy atom. The molecule has 0 spiro atoms. The molecule has 9 rings (SSSR count). The first-order chi connectivity index (χ1) is 27.6. The fourth-order valence-electron chi connectivity index (χ4n) is 15.3. The lowest BCUT2D eigenvalue weighted by atomic mass is 9.32. The van der Waals surface area contributed by atoms with Crippen LogP contribution in [0.15, 0.2) is 64.2 Å². The van der Waals surface area contributed by atoms with Gasteiger partial charge in [-0.3, -0.25) is 5.32 Å². The summed E-state index contributed by atoms with van der Waals surface area (Å²) in [7, 11) is 0. The predicted molar refractivity (Wildman–Crippen MR) is 224 cm³/mol. The number of hydrogen-bond donors (Lipinski definition) is 1. The quantitative estimate of drug-likeness (QED) is 0.280. The van der Waals surface area contributed by atoms with E-state index in [0.717, 1.165) is 49.9 Å². The lowest BCUT2D eigenvalue weighted by molar-refractivity contribution is -0.255. The van der Waals surface area contributed by atoms with Crippen LogP contribution in [0.4, 0.5) is 4.79 Å². The van der Waals surface area contributed by atoms with Crippen LogP contribution in [0, 0.1) is 56.7 Å². The molecule has 2 aliphatic heterocycles. The minimum atomic E-state index is -0.833. The van der Waals surface area contributed by atoms with E-state index in [1.54, 1.807) is 30.3 Å². The van der Waals surface area contributed by atoms with Gasteiger partial charge in [-0.2, -0.15) is 0 Å². The van der Waals surface area contributed by atoms with Crippen LogP contribution in [0.5, 0.6) is 0 Å². The Hall–Kier alpha value is -3.37. The maximum absolute atomic E-state index is 13.8. The van der Waals surface area contributed by atoms with Crippen molar-refractivity contribution in [2.45, 2.75) is 150 Å². The number of alkyl carbamates (subject to hydrolysis) is 1. The molecular formula is C48H68N4O6. The standard InChI is InChI=1S/C48H68N4O6/c1-31(2)33-20-25-48(30-57-39-17-11-12-29-56-39)27-26-46(6)34(40(33)48)18-19-36-45(5)23-22-37(44(3,4)35(45)21-24-47(36,46)7)58-41(53)49-38-16-13-28-50-42(54)51(43(55)52(38)50)32-14-9-8-10-15-32/h8-10,13-16,33-40H,1,11-12,17-30H2,2-7H3,(H,49,53)/t33-,34?,35?,36?,37-,38?,39?,40?,45-,46+,47+,48+/m0/s1. The number of fused-ring (bicyclic) bond motifs is 8. The normalized spacial score (nSPS) is 41.3. The van der Waals surface area contributed by atoms with Crippen molar-refractivity contribution in [2.24, 2.45) is 56.7 Å². The van der Waals surface area contributed by atoms with E-state index in [9.17, 15) is 14.4 Å². The van der Waals surface area contributed by atoms with Crippen LogP contribution < -0.4 is 16.7 Å². The zero-order chi connectivity index (χ0) is 40.8. The highest BCUT2D eigenvalue weighted by Crippen LogP contribution is 2.77. The Morgan fingerprint density at radius 2 is 1.67 bits per heavy atom. The molecule has 1 amide bonds. The Morgan fingerprint density at radius 3 is 2.41 bits per heavy atom. The Balaban J connectivity index is 0.920. The van der Waals surface area contributed by atoms with Crippen LogP contribution in [-0.2, 0) is 20.8 Å². The highest BCUT2D eigenvalue weighted by Gasteiger charge is 2.71. The molecule has 0 radical (unpaired) electrons. The summed E-state index contributed by atoms with van der Waals surface area (Å²) in [5.41, 5.74) is 1.48. The van der Waals surface area contributed by atoms with E-state index in [-0.39, 0.29) is 46.0 Å². The highest BCUT2D eigenvalue weighted by molar-refractivity contribution is 5.68. The molecule has 0 bridgehead atoms. The van der Waals surface area contributed by atoms with Crippen LogP contribution >= 0.6 is 0 Å². The fourth-order valence-corrected chi connectivity index (χ4v) is 15.3. The average molecular weight is 797 g/mol. The molecule has 7 aliphatic rings. The molecule has 1 saturated heterocycles. The summed E-state index contributed by atoms with van der Waals surface area (Å²) in [5, 5.41) is 2.94. The van der Waals surface area contributed by atoms with Crippen molar-refractivity contribution < 1.29 is 19.0 Å². The number of ether oxygens (including phenoxy) is 3. The first-order valence-corrected chi connectivity index (χ1v) is 22.7. The second-order valence-corrected chi connectivity index (χ2v) is 21.1. The van der Waals surface area contributed by atoms with Gasteiger partial charge in [-0.25, -0.2) is 28.3 Å². The third kappa shape index (κ3) is 5.94. The summed E-state index contributed by atoms with van der Waals surface area (Å²) in [6.45, 7) is 21.4. The first-order valence-electron chi connectivity index (χ1n) is 22.7. The van der Waals surface area contributed by atoms with E-state index >= 15 is 0 Å². The minimum absolute atomic E-state index is 0.0433. The molecule has 6 unspecified atom stereocenters. The molecule has 1 aromatic heterocycles. The molecule has 10 nitrogen and oxygen atoms in total. The van der Waals surface area contributed by atoms with Gasteiger partial charge in [0, 0.05) is 12.0 Å². The number of allylic oxidation sites excluding steroid dienone is 2. The summed E-state index contributed by atoms with van der Waals surface area (Å²) in [6, 6.07) is 8.90. The average Bonchev–Trinajstić information content (AvgIpc) is 3.71. The number of hydrogen-bond acceptors (Lipinski definition) is 6. The van der Waals surface area contributed by atoms with Gasteiger partial charge in [0.25, 0.3) is 0 Å². The SMILES string of the molecule is C=C(C)[C@@H]1CC[C@]2(COC3CCCCO3)CC[C@]3(C)C(CCC4[C@@]5(C)CC[C@H](OC(=O)NC6C=CCn7c(=O)n(-c8ccccc8)c(=O)n76)C(C)(C)C5CC[C@]43C)C12. The highest BCUT2D eigenvalue weighted by atomic mass is 16.7. The third-order valence-electron chi connectivity index (χ3n) is 18.3. The maximum Gasteiger partial charge on any atom is 0.409 e. The third-order valence-corrected chi connectivity index (χ3v) is 18.3. The zero-order valence-corrected chi connectivity index (χ0v) is 36.0. The van der Waals surface area contributed by atoms with Crippen molar-refractivity contribution in [1.29, 1.82) is 0 Å². The number of carbonyl (C=O) groups is 1. The maximum atomic E-state index is 13.8. The zero-order valence-electron chi connectivity index (χ0n) is 36.0. The molecule has 5 saturated carbocycles. The second-order valence-electron chi connectivity index (χ2n) is 21.1. The summed E-state index contributed by atoms with van der Waals surface area (Å²) < 4.78 is 23.0. The molecule has 3 heterocycles. The van der Waals surface area contributed by atoms with Gasteiger partial charge in [0.2, 0.25) is 0 Å². The van der Waals surface area contributed by atoms with Crippen LogP contribution in [0.25, 0.3) is 5.69 Å². The van der Waals surface area contributed by atoms with Crippen LogP contribution in [-0.4, -0.2) is 45.6 Å². The fraction of sp³-hybridized carbons (Fsp3) is 0.729. The molecule has 1 aromatic carbocycles. The minimum Gasteiger partial charge on any atom is -0.446 e. The van der Waals surface area contributed by atoms with E-state index in [1.807, 2.05) is 12.1 Å². The van der Waals surface area contributed by atoms with Gasteiger partial charge in [0.1, 0.15) is 12.3 Å². The van der Waals surface area contributed by atoms with Gasteiger partial charge >= 0.3 is 17.5 Å². The summed E-state index contributed by atoms with van der Waals surface area (Å²) in [6.07, 6.45) is 16.9. The Labute approximate surface area is 344 Å². The topological polar surface area (TPSA) is 106 Å². The van der Waals surface area contributed by atoms with Crippen molar-refractivity contribution in [3.8, 4) is 5.69 Å². The monoisotopic (exact) mass is 797 g/mol. The molecule has 1 N–H and O–H groups in total. The summed E-state index contributed by atoms with van der Waals surface area (Å²) >= 11 is 0. The van der Waals surface area contributed by atoms with Gasteiger partial charge in [-0.05, 0) is 160 Å². The summed E-state index contributed by atoms with van der Waals surface area (Å²) in [5.74, 6) is 2.83.